The number of hydrogen-bond donors (Lipinski definition) is 2. The second kappa shape index (κ2) is 11.6. The molecule has 1 unspecified atom stereocenters. The zero-order chi connectivity index (χ0) is 25.5. The summed E-state index contributed by atoms with van der Waals surface area (Å²) in [6.45, 7) is 4.85. The predicted molar refractivity (Wildman–Crippen MR) is 125 cm³/mol. The van der Waals surface area contributed by atoms with E-state index >= 15 is 0 Å². The van der Waals surface area contributed by atoms with Crippen molar-refractivity contribution in [2.45, 2.75) is 44.4 Å². The first-order valence-corrected chi connectivity index (χ1v) is 11.9. The highest BCUT2D eigenvalue weighted by atomic mass is 32.2. The SMILES string of the molecule is COc1ccc(C(=O)OC(C)C(=O)NC(=O)NC(C)C)cc1S(=O)(=O)N(C)Cc1ccccc1. The van der Waals surface area contributed by atoms with Gasteiger partial charge in [-0.15, -0.1) is 0 Å². The Bertz CT molecular complexity index is 1130. The van der Waals surface area contributed by atoms with Crippen LogP contribution in [0, 0.1) is 0 Å². The Morgan fingerprint density at radius 1 is 1.03 bits per heavy atom. The molecule has 2 aromatic rings. The molecule has 0 heterocycles. The number of benzene rings is 2. The quantitative estimate of drug-likeness (QED) is 0.515. The number of methoxy groups -OCH3 is 1. The van der Waals surface area contributed by atoms with Gasteiger partial charge in [0.2, 0.25) is 10.0 Å². The van der Waals surface area contributed by atoms with Crippen LogP contribution in [0.3, 0.4) is 0 Å². The van der Waals surface area contributed by atoms with E-state index in [9.17, 15) is 22.8 Å². The minimum Gasteiger partial charge on any atom is -0.495 e. The lowest BCUT2D eigenvalue weighted by Crippen LogP contribution is -2.46. The van der Waals surface area contributed by atoms with Crippen molar-refractivity contribution < 1.29 is 32.3 Å². The van der Waals surface area contributed by atoms with E-state index < -0.39 is 34.0 Å². The molecule has 184 valence electrons. The topological polar surface area (TPSA) is 131 Å². The van der Waals surface area contributed by atoms with Crippen LogP contribution < -0.4 is 15.4 Å². The van der Waals surface area contributed by atoms with E-state index in [1.807, 2.05) is 6.07 Å². The molecular formula is C23H29N3O7S. The van der Waals surface area contributed by atoms with Gasteiger partial charge in [0.15, 0.2) is 6.10 Å². The maximum atomic E-state index is 13.2. The molecule has 0 fully saturated rings. The fourth-order valence-electron chi connectivity index (χ4n) is 2.89. The highest BCUT2D eigenvalue weighted by Crippen LogP contribution is 2.28. The molecule has 0 aliphatic heterocycles. The molecule has 0 aliphatic rings. The number of sulfonamides is 1. The molecule has 0 aromatic heterocycles. The molecule has 3 amide bonds. The van der Waals surface area contributed by atoms with Crippen molar-refractivity contribution in [1.82, 2.24) is 14.9 Å². The average Bonchev–Trinajstić information content (AvgIpc) is 2.78. The van der Waals surface area contributed by atoms with Crippen molar-refractivity contribution in [2.75, 3.05) is 14.2 Å². The highest BCUT2D eigenvalue weighted by Gasteiger charge is 2.28. The Kier molecular flexibility index (Phi) is 9.16. The normalized spacial score (nSPS) is 12.2. The molecule has 0 aliphatic carbocycles. The van der Waals surface area contributed by atoms with Crippen molar-refractivity contribution in [3.63, 3.8) is 0 Å². The third kappa shape index (κ3) is 7.03. The maximum Gasteiger partial charge on any atom is 0.338 e. The molecule has 1 atom stereocenters. The number of amides is 3. The van der Waals surface area contributed by atoms with Crippen molar-refractivity contribution >= 4 is 27.9 Å². The van der Waals surface area contributed by atoms with Gasteiger partial charge in [0.05, 0.1) is 12.7 Å². The zero-order valence-electron chi connectivity index (χ0n) is 19.7. The molecule has 11 heteroatoms. The van der Waals surface area contributed by atoms with E-state index in [1.165, 1.54) is 33.2 Å². The lowest BCUT2D eigenvalue weighted by molar-refractivity contribution is -0.127. The van der Waals surface area contributed by atoms with E-state index in [0.29, 0.717) is 0 Å². The van der Waals surface area contributed by atoms with Gasteiger partial charge in [0, 0.05) is 19.6 Å². The Labute approximate surface area is 199 Å². The smallest absolute Gasteiger partial charge is 0.338 e. The molecule has 0 bridgehead atoms. The van der Waals surface area contributed by atoms with Gasteiger partial charge < -0.3 is 14.8 Å². The van der Waals surface area contributed by atoms with E-state index in [0.717, 1.165) is 15.9 Å². The van der Waals surface area contributed by atoms with Crippen molar-refractivity contribution in [2.24, 2.45) is 0 Å². The van der Waals surface area contributed by atoms with Crippen LogP contribution in [0.1, 0.15) is 36.7 Å². The molecule has 10 nitrogen and oxygen atoms in total. The summed E-state index contributed by atoms with van der Waals surface area (Å²) < 4.78 is 37.9. The molecule has 2 aromatic carbocycles. The summed E-state index contributed by atoms with van der Waals surface area (Å²) in [5.41, 5.74) is 0.684. The second-order valence-corrected chi connectivity index (χ2v) is 9.79. The van der Waals surface area contributed by atoms with Crippen LogP contribution in [0.2, 0.25) is 0 Å². The molecular weight excluding hydrogens is 462 g/mol. The number of hydrogen-bond acceptors (Lipinski definition) is 7. The van der Waals surface area contributed by atoms with E-state index in [-0.39, 0.29) is 28.8 Å². The number of esters is 1. The zero-order valence-corrected chi connectivity index (χ0v) is 20.5. The summed E-state index contributed by atoms with van der Waals surface area (Å²) in [5.74, 6) is -1.71. The van der Waals surface area contributed by atoms with Crippen LogP contribution in [-0.4, -0.2) is 56.9 Å². The van der Waals surface area contributed by atoms with E-state index in [4.69, 9.17) is 9.47 Å². The Balaban J connectivity index is 2.21. The molecule has 2 N–H and O–H groups in total. The maximum absolute atomic E-state index is 13.2. The number of imide groups is 1. The number of nitrogens with zero attached hydrogens (tertiary/aromatic N) is 1. The molecule has 0 spiro atoms. The van der Waals surface area contributed by atoms with Gasteiger partial charge in [0.25, 0.3) is 5.91 Å². The van der Waals surface area contributed by atoms with Gasteiger partial charge in [-0.2, -0.15) is 4.31 Å². The largest absolute Gasteiger partial charge is 0.495 e. The third-order valence-electron chi connectivity index (χ3n) is 4.65. The molecule has 34 heavy (non-hydrogen) atoms. The summed E-state index contributed by atoms with van der Waals surface area (Å²) >= 11 is 0. The summed E-state index contributed by atoms with van der Waals surface area (Å²) in [6, 6.07) is 11.9. The van der Waals surface area contributed by atoms with E-state index in [2.05, 4.69) is 10.6 Å². The summed E-state index contributed by atoms with van der Waals surface area (Å²) in [5, 5.41) is 4.55. The van der Waals surface area contributed by atoms with Gasteiger partial charge in [-0.3, -0.25) is 10.1 Å². The Morgan fingerprint density at radius 2 is 1.68 bits per heavy atom. The first-order chi connectivity index (χ1) is 15.9. The van der Waals surface area contributed by atoms with Crippen molar-refractivity contribution in [3.8, 4) is 5.75 Å². The summed E-state index contributed by atoms with van der Waals surface area (Å²) in [6.07, 6.45) is -1.30. The molecule has 0 saturated carbocycles. The fraction of sp³-hybridized carbons (Fsp3) is 0.348. The van der Waals surface area contributed by atoms with Gasteiger partial charge in [-0.1, -0.05) is 30.3 Å². The first-order valence-electron chi connectivity index (χ1n) is 10.5. The minimum absolute atomic E-state index is 0.0487. The summed E-state index contributed by atoms with van der Waals surface area (Å²) in [7, 11) is -1.30. The van der Waals surface area contributed by atoms with E-state index in [1.54, 1.807) is 38.1 Å². The molecule has 0 saturated heterocycles. The number of ether oxygens (including phenoxy) is 2. The monoisotopic (exact) mass is 491 g/mol. The third-order valence-corrected chi connectivity index (χ3v) is 6.47. The second-order valence-electron chi connectivity index (χ2n) is 7.78. The van der Waals surface area contributed by atoms with Crippen LogP contribution >= 0.6 is 0 Å². The van der Waals surface area contributed by atoms with Gasteiger partial charge in [0.1, 0.15) is 10.6 Å². The van der Waals surface area contributed by atoms with Crippen LogP contribution in [-0.2, 0) is 26.1 Å². The minimum atomic E-state index is -4.04. The van der Waals surface area contributed by atoms with Crippen LogP contribution in [0.25, 0.3) is 0 Å². The lowest BCUT2D eigenvalue weighted by atomic mass is 10.2. The average molecular weight is 492 g/mol. The van der Waals surface area contributed by atoms with Gasteiger partial charge >= 0.3 is 12.0 Å². The first kappa shape index (κ1) is 26.8. The highest BCUT2D eigenvalue weighted by molar-refractivity contribution is 7.89. The van der Waals surface area contributed by atoms with Crippen LogP contribution in [0.4, 0.5) is 4.79 Å². The number of carbonyl (C=O) groups is 3. The van der Waals surface area contributed by atoms with Crippen LogP contribution in [0.15, 0.2) is 53.4 Å². The number of rotatable bonds is 9. The number of carbonyl (C=O) groups excluding carboxylic acids is 3. The molecule has 2 rings (SSSR count). The standard InChI is InChI=1S/C23H29N3O7S/c1-15(2)24-23(29)25-21(27)16(3)33-22(28)18-11-12-19(32-5)20(13-18)34(30,31)26(4)14-17-9-7-6-8-10-17/h6-13,15-16H,14H2,1-5H3,(H2,24,25,27,29). The van der Waals surface area contributed by atoms with Crippen LogP contribution in [0.5, 0.6) is 5.75 Å². The van der Waals surface area contributed by atoms with Gasteiger partial charge in [-0.05, 0) is 44.5 Å². The number of nitrogens with one attached hydrogen (secondary N) is 2. The molecule has 0 radical (unpaired) electrons. The summed E-state index contributed by atoms with van der Waals surface area (Å²) in [4.78, 5) is 36.2. The Morgan fingerprint density at radius 3 is 2.26 bits per heavy atom. The van der Waals surface area contributed by atoms with Gasteiger partial charge in [-0.25, -0.2) is 18.0 Å². The predicted octanol–water partition coefficient (Wildman–Crippen LogP) is 2.30. The number of urea groups is 1. The van der Waals surface area contributed by atoms with Crippen molar-refractivity contribution in [3.05, 3.63) is 59.7 Å². The lowest BCUT2D eigenvalue weighted by Gasteiger charge is -2.20. The fourth-order valence-corrected chi connectivity index (χ4v) is 4.23. The Hall–Kier alpha value is -3.44. The van der Waals surface area contributed by atoms with Crippen molar-refractivity contribution in [1.29, 1.82) is 0 Å².